The summed E-state index contributed by atoms with van der Waals surface area (Å²) in [6.45, 7) is 11.6. The summed E-state index contributed by atoms with van der Waals surface area (Å²) in [7, 11) is 0. The van der Waals surface area contributed by atoms with Crippen molar-refractivity contribution < 1.29 is 34.8 Å². The second-order valence-electron chi connectivity index (χ2n) is 16.3. The molecule has 4 fully saturated rings. The lowest BCUT2D eigenvalue weighted by atomic mass is 9.43. The van der Waals surface area contributed by atoms with Crippen LogP contribution in [0.4, 0.5) is 0 Å². The zero-order chi connectivity index (χ0) is 35.4. The molecule has 1 unspecified atom stereocenters. The Kier molecular flexibility index (Phi) is 13.0. The maximum Gasteiger partial charge on any atom is 0.221 e. The van der Waals surface area contributed by atoms with Crippen molar-refractivity contribution in [2.45, 2.75) is 129 Å². The van der Waals surface area contributed by atoms with Crippen LogP contribution in [-0.2, 0) is 16.0 Å². The molecule has 0 radical (unpaired) electrons. The molecule has 0 spiro atoms. The van der Waals surface area contributed by atoms with Gasteiger partial charge in [0.25, 0.3) is 0 Å². The summed E-state index contributed by atoms with van der Waals surface area (Å²) in [5.41, 5.74) is 11.3. The average Bonchev–Trinajstić information content (AvgIpc) is 3.38. The molecule has 4 aliphatic rings. The van der Waals surface area contributed by atoms with Crippen LogP contribution in [0.3, 0.4) is 0 Å². The van der Waals surface area contributed by atoms with Crippen LogP contribution in [-0.4, -0.2) is 75.8 Å². The SMILES string of the molecule is CC(C)NCC(O)COc1ccc(CC(N)=O)cc1.C[C@H](CCC(N)=O)[C@H]1CC[C@H]2[C@@H]3[C@H](O)C[C@@H]4C[C@H](O)CC[C@]4(C)[C@H]3C[C@H](O)[C@]12C. The fraction of sp³-hybridized carbons (Fsp3) is 0.789. The Balaban J connectivity index is 0.000000239. The van der Waals surface area contributed by atoms with E-state index in [9.17, 15) is 30.0 Å². The molecule has 4 saturated carbocycles. The zero-order valence-corrected chi connectivity index (χ0v) is 29.8. The first-order chi connectivity index (χ1) is 22.6. The van der Waals surface area contributed by atoms with Gasteiger partial charge in [-0.2, -0.15) is 0 Å². The van der Waals surface area contributed by atoms with Crippen molar-refractivity contribution in [1.29, 1.82) is 0 Å². The quantitative estimate of drug-likeness (QED) is 0.176. The molecular formula is C38H63N3O7. The van der Waals surface area contributed by atoms with E-state index in [1.165, 1.54) is 0 Å². The highest BCUT2D eigenvalue weighted by atomic mass is 16.5. The summed E-state index contributed by atoms with van der Waals surface area (Å²) in [5, 5.41) is 45.8. The Labute approximate surface area is 287 Å². The second kappa shape index (κ2) is 16.2. The number of ether oxygens (including phenoxy) is 1. The van der Waals surface area contributed by atoms with Gasteiger partial charge in [-0.15, -0.1) is 0 Å². The molecule has 0 saturated heterocycles. The van der Waals surface area contributed by atoms with Gasteiger partial charge in [-0.3, -0.25) is 9.59 Å². The average molecular weight is 674 g/mol. The molecule has 10 heteroatoms. The minimum atomic E-state index is -0.548. The number of aliphatic hydroxyl groups excluding tert-OH is 4. The third kappa shape index (κ3) is 8.73. The van der Waals surface area contributed by atoms with E-state index < -0.39 is 6.10 Å². The largest absolute Gasteiger partial charge is 0.491 e. The molecule has 0 aromatic heterocycles. The molecule has 48 heavy (non-hydrogen) atoms. The normalized spacial score (nSPS) is 36.9. The highest BCUT2D eigenvalue weighted by molar-refractivity contribution is 5.76. The van der Waals surface area contributed by atoms with Crippen molar-refractivity contribution in [3.05, 3.63) is 29.8 Å². The molecule has 4 aliphatic carbocycles. The van der Waals surface area contributed by atoms with E-state index in [4.69, 9.17) is 16.2 Å². The highest BCUT2D eigenvalue weighted by Crippen LogP contribution is 2.68. The van der Waals surface area contributed by atoms with Crippen LogP contribution in [0, 0.1) is 46.3 Å². The Morgan fingerprint density at radius 3 is 2.27 bits per heavy atom. The van der Waals surface area contributed by atoms with Crippen LogP contribution in [0.2, 0.25) is 0 Å². The zero-order valence-electron chi connectivity index (χ0n) is 29.8. The van der Waals surface area contributed by atoms with Gasteiger partial charge in [-0.25, -0.2) is 0 Å². The monoisotopic (exact) mass is 673 g/mol. The lowest BCUT2D eigenvalue weighted by Crippen LogP contribution is -2.62. The molecular weight excluding hydrogens is 610 g/mol. The molecule has 1 aromatic carbocycles. The molecule has 2 amide bonds. The molecule has 0 heterocycles. The van der Waals surface area contributed by atoms with Gasteiger partial charge in [0, 0.05) is 19.0 Å². The topological polar surface area (TPSA) is 188 Å². The van der Waals surface area contributed by atoms with Crippen LogP contribution in [0.5, 0.6) is 5.75 Å². The van der Waals surface area contributed by atoms with Crippen molar-refractivity contribution in [1.82, 2.24) is 5.32 Å². The van der Waals surface area contributed by atoms with Crippen molar-refractivity contribution in [3.63, 3.8) is 0 Å². The first-order valence-electron chi connectivity index (χ1n) is 18.3. The van der Waals surface area contributed by atoms with Gasteiger partial charge in [0.15, 0.2) is 0 Å². The van der Waals surface area contributed by atoms with Crippen molar-refractivity contribution in [2.24, 2.45) is 57.8 Å². The van der Waals surface area contributed by atoms with Crippen LogP contribution < -0.4 is 21.5 Å². The van der Waals surface area contributed by atoms with E-state index in [1.54, 1.807) is 24.3 Å². The smallest absolute Gasteiger partial charge is 0.221 e. The van der Waals surface area contributed by atoms with E-state index in [2.05, 4.69) is 26.1 Å². The number of primary amides is 2. The Hall–Kier alpha value is -2.24. The lowest BCUT2D eigenvalue weighted by molar-refractivity contribution is -0.207. The number of benzene rings is 1. The predicted molar refractivity (Wildman–Crippen MR) is 186 cm³/mol. The Morgan fingerprint density at radius 2 is 1.65 bits per heavy atom. The number of aliphatic hydroxyl groups is 4. The molecule has 272 valence electrons. The van der Waals surface area contributed by atoms with Gasteiger partial charge in [0.05, 0.1) is 24.7 Å². The first-order valence-corrected chi connectivity index (χ1v) is 18.3. The number of amides is 2. The van der Waals surface area contributed by atoms with Crippen LogP contribution in [0.25, 0.3) is 0 Å². The van der Waals surface area contributed by atoms with Crippen molar-refractivity contribution in [3.8, 4) is 5.75 Å². The van der Waals surface area contributed by atoms with E-state index in [1.807, 2.05) is 13.8 Å². The number of fused-ring (bicyclic) bond motifs is 5. The fourth-order valence-electron chi connectivity index (χ4n) is 10.2. The molecule has 10 nitrogen and oxygen atoms in total. The van der Waals surface area contributed by atoms with Gasteiger partial charge in [0.2, 0.25) is 11.8 Å². The molecule has 0 aliphatic heterocycles. The van der Waals surface area contributed by atoms with Gasteiger partial charge >= 0.3 is 0 Å². The van der Waals surface area contributed by atoms with Gasteiger partial charge < -0.3 is 41.9 Å². The van der Waals surface area contributed by atoms with E-state index >= 15 is 0 Å². The number of carbonyl (C=O) groups excluding carboxylic acids is 2. The van der Waals surface area contributed by atoms with Crippen molar-refractivity contribution >= 4 is 11.8 Å². The number of nitrogens with two attached hydrogens (primary N) is 2. The number of hydrogen-bond acceptors (Lipinski definition) is 8. The summed E-state index contributed by atoms with van der Waals surface area (Å²) in [4.78, 5) is 22.0. The van der Waals surface area contributed by atoms with E-state index in [-0.39, 0.29) is 59.9 Å². The summed E-state index contributed by atoms with van der Waals surface area (Å²) < 4.78 is 5.45. The Bertz CT molecular complexity index is 1210. The number of carbonyl (C=O) groups is 2. The fourth-order valence-corrected chi connectivity index (χ4v) is 10.2. The Morgan fingerprint density at radius 1 is 0.958 bits per heavy atom. The third-order valence-electron chi connectivity index (χ3n) is 12.9. The minimum absolute atomic E-state index is 0.112. The highest BCUT2D eigenvalue weighted by Gasteiger charge is 2.65. The standard InChI is InChI=1S/C24H41NO4.C14H22N2O3/c1-13(4-7-21(25)29)16-5-6-17-22-18(12-20(28)24(16,17)3)23(2)9-8-15(26)10-14(23)11-19(22)27;1-10(2)16-8-12(17)9-19-13-5-3-11(4-6-13)7-14(15)18/h13-20,22,26-28H,4-12H2,1-3H3,(H2,25,29);3-6,10,12,16-17H,7-9H2,1-2H3,(H2,15,18)/t13-,14+,15-,16-,17+,18+,19-,20+,22+,23+,24-;/m1./s1. The molecule has 5 rings (SSSR count). The lowest BCUT2D eigenvalue weighted by Gasteiger charge is -2.63. The third-order valence-corrected chi connectivity index (χ3v) is 12.9. The number of rotatable bonds is 12. The molecule has 1 aromatic rings. The number of hydrogen-bond donors (Lipinski definition) is 7. The molecule has 9 N–H and O–H groups in total. The van der Waals surface area contributed by atoms with Crippen LogP contribution in [0.15, 0.2) is 24.3 Å². The predicted octanol–water partition coefficient (Wildman–Crippen LogP) is 3.30. The summed E-state index contributed by atoms with van der Waals surface area (Å²) in [5.74, 6) is 2.03. The maximum absolute atomic E-state index is 11.5. The summed E-state index contributed by atoms with van der Waals surface area (Å²) in [6, 6.07) is 7.45. The maximum atomic E-state index is 11.5. The second-order valence-corrected chi connectivity index (χ2v) is 16.3. The minimum Gasteiger partial charge on any atom is -0.491 e. The van der Waals surface area contributed by atoms with E-state index in [0.717, 1.165) is 56.9 Å². The molecule has 0 bridgehead atoms. The van der Waals surface area contributed by atoms with Gasteiger partial charge in [0.1, 0.15) is 18.5 Å². The summed E-state index contributed by atoms with van der Waals surface area (Å²) >= 11 is 0. The summed E-state index contributed by atoms with van der Waals surface area (Å²) in [6.07, 6.45) is 6.23. The van der Waals surface area contributed by atoms with Crippen LogP contribution in [0.1, 0.15) is 98.0 Å². The van der Waals surface area contributed by atoms with Crippen molar-refractivity contribution in [2.75, 3.05) is 13.2 Å². The number of nitrogens with one attached hydrogen (secondary N) is 1. The van der Waals surface area contributed by atoms with E-state index in [0.29, 0.717) is 54.3 Å². The van der Waals surface area contributed by atoms with Crippen LogP contribution >= 0.6 is 0 Å². The van der Waals surface area contributed by atoms with Gasteiger partial charge in [-0.1, -0.05) is 46.8 Å². The van der Waals surface area contributed by atoms with Gasteiger partial charge in [-0.05, 0) is 115 Å². The first kappa shape index (κ1) is 38.6. The molecule has 12 atom stereocenters.